The van der Waals surface area contributed by atoms with Gasteiger partial charge in [0.2, 0.25) is 0 Å². The number of aryl methyl sites for hydroxylation is 1. The molecule has 1 unspecified atom stereocenters. The van der Waals surface area contributed by atoms with E-state index < -0.39 is 39.5 Å². The summed E-state index contributed by atoms with van der Waals surface area (Å²) in [4.78, 5) is 48.8. The van der Waals surface area contributed by atoms with Crippen LogP contribution in [-0.4, -0.2) is 62.5 Å². The Kier molecular flexibility index (Phi) is 12.2. The maximum Gasteiger partial charge on any atom is 0.342 e. The molecule has 1 aromatic carbocycles. The van der Waals surface area contributed by atoms with Crippen LogP contribution in [0.15, 0.2) is 76.8 Å². The van der Waals surface area contributed by atoms with Gasteiger partial charge in [-0.3, -0.25) is 0 Å². The minimum absolute atomic E-state index is 0.0538. The van der Waals surface area contributed by atoms with E-state index in [1.807, 2.05) is 6.92 Å². The van der Waals surface area contributed by atoms with E-state index in [1.165, 1.54) is 12.1 Å². The van der Waals surface area contributed by atoms with E-state index in [4.69, 9.17) is 14.2 Å². The van der Waals surface area contributed by atoms with Crippen molar-refractivity contribution in [2.24, 2.45) is 0 Å². The molecule has 1 aromatic rings. The fourth-order valence-corrected chi connectivity index (χ4v) is 4.49. The Morgan fingerprint density at radius 2 is 1.60 bits per heavy atom. The van der Waals surface area contributed by atoms with Gasteiger partial charge in [-0.15, -0.1) is 0 Å². The first kappa shape index (κ1) is 32.4. The molecular weight excluding hydrogens is 540 g/mol. The number of carbonyl (C=O) groups is 4. The van der Waals surface area contributed by atoms with E-state index in [0.717, 1.165) is 17.7 Å². The maximum absolute atomic E-state index is 12.7. The number of benzene rings is 1. The van der Waals surface area contributed by atoms with E-state index in [1.54, 1.807) is 19.1 Å². The first-order valence-corrected chi connectivity index (χ1v) is 14.3. The van der Waals surface area contributed by atoms with Gasteiger partial charge in [-0.05, 0) is 44.7 Å². The second-order valence-corrected chi connectivity index (χ2v) is 11.3. The molecule has 1 aliphatic heterocycles. The summed E-state index contributed by atoms with van der Waals surface area (Å²) in [7, 11) is -3.77. The van der Waals surface area contributed by atoms with Crippen LogP contribution in [0.4, 0.5) is 0 Å². The van der Waals surface area contributed by atoms with Crippen LogP contribution in [0.2, 0.25) is 0 Å². The van der Waals surface area contributed by atoms with Gasteiger partial charge in [-0.1, -0.05) is 49.9 Å². The lowest BCUT2D eigenvalue weighted by Gasteiger charge is -2.10. The predicted molar refractivity (Wildman–Crippen MR) is 146 cm³/mol. The zero-order valence-electron chi connectivity index (χ0n) is 22.6. The summed E-state index contributed by atoms with van der Waals surface area (Å²) in [5.41, 5.74) is 0.706. The van der Waals surface area contributed by atoms with Crippen LogP contribution < -0.4 is 0 Å². The molecule has 40 heavy (non-hydrogen) atoms. The second kappa shape index (κ2) is 15.1. The van der Waals surface area contributed by atoms with Gasteiger partial charge in [0, 0.05) is 28.7 Å². The molecule has 1 aliphatic rings. The molecule has 1 fully saturated rings. The minimum Gasteiger partial charge on any atom is -0.478 e. The lowest BCUT2D eigenvalue weighted by molar-refractivity contribution is -0.154. The lowest BCUT2D eigenvalue weighted by atomic mass is 10.1. The number of allylic oxidation sites excluding steroid dienone is 2. The Labute approximate surface area is 233 Å². The first-order valence-electron chi connectivity index (χ1n) is 12.7. The molecule has 216 valence electrons. The van der Waals surface area contributed by atoms with Gasteiger partial charge in [0.1, 0.15) is 0 Å². The SMILES string of the molecule is C=C(CCC1CO1)C(=O)OCCC(=CC=C(CCS(=O)(=O)c1ccc(C)cc1)C(=O)O)C(=O)OC(=O)C(=C)CC. The number of esters is 3. The van der Waals surface area contributed by atoms with E-state index >= 15 is 0 Å². The van der Waals surface area contributed by atoms with Crippen molar-refractivity contribution in [1.82, 2.24) is 0 Å². The zero-order valence-corrected chi connectivity index (χ0v) is 23.5. The minimum atomic E-state index is -3.77. The average molecular weight is 575 g/mol. The third-order valence-electron chi connectivity index (χ3n) is 6.01. The van der Waals surface area contributed by atoms with Gasteiger partial charge < -0.3 is 19.3 Å². The summed E-state index contributed by atoms with van der Waals surface area (Å²) in [5, 5.41) is 9.62. The Balaban J connectivity index is 2.16. The number of rotatable bonds is 16. The summed E-state index contributed by atoms with van der Waals surface area (Å²) < 4.78 is 40.4. The average Bonchev–Trinajstić information content (AvgIpc) is 3.74. The van der Waals surface area contributed by atoms with Crippen molar-refractivity contribution >= 4 is 33.7 Å². The lowest BCUT2D eigenvalue weighted by Crippen LogP contribution is -2.17. The molecule has 0 saturated carbocycles. The number of carboxylic acids is 1. The van der Waals surface area contributed by atoms with Crippen molar-refractivity contribution in [1.29, 1.82) is 0 Å². The fourth-order valence-electron chi connectivity index (χ4n) is 3.22. The molecule has 11 heteroatoms. The number of sulfone groups is 1. The highest BCUT2D eigenvalue weighted by molar-refractivity contribution is 7.91. The molecule has 0 spiro atoms. The van der Waals surface area contributed by atoms with E-state index in [0.29, 0.717) is 19.4 Å². The third-order valence-corrected chi connectivity index (χ3v) is 7.74. The highest BCUT2D eigenvalue weighted by Crippen LogP contribution is 2.19. The quantitative estimate of drug-likeness (QED) is 0.101. The molecule has 0 bridgehead atoms. The third kappa shape index (κ3) is 10.7. The van der Waals surface area contributed by atoms with Crippen LogP contribution in [-0.2, 0) is 43.2 Å². The van der Waals surface area contributed by atoms with Gasteiger partial charge in [0.25, 0.3) is 0 Å². The number of carbonyl (C=O) groups excluding carboxylic acids is 3. The van der Waals surface area contributed by atoms with Crippen molar-refractivity contribution < 1.29 is 46.9 Å². The van der Waals surface area contributed by atoms with E-state index in [-0.39, 0.29) is 59.2 Å². The highest BCUT2D eigenvalue weighted by atomic mass is 32.2. The molecule has 0 amide bonds. The fraction of sp³-hybridized carbons (Fsp3) is 0.379. The Bertz CT molecular complexity index is 1310. The summed E-state index contributed by atoms with van der Waals surface area (Å²) in [6.45, 7) is 11.0. The van der Waals surface area contributed by atoms with Gasteiger partial charge in [-0.2, -0.15) is 0 Å². The van der Waals surface area contributed by atoms with Crippen molar-refractivity contribution in [3.63, 3.8) is 0 Å². The van der Waals surface area contributed by atoms with Crippen molar-refractivity contribution in [3.05, 3.63) is 77.4 Å². The van der Waals surface area contributed by atoms with Crippen molar-refractivity contribution in [3.8, 4) is 0 Å². The number of carboxylic acid groups (broad SMARTS) is 1. The van der Waals surface area contributed by atoms with Crippen LogP contribution in [0.1, 0.15) is 44.6 Å². The van der Waals surface area contributed by atoms with Crippen LogP contribution >= 0.6 is 0 Å². The van der Waals surface area contributed by atoms with Crippen LogP contribution in [0.25, 0.3) is 0 Å². The normalized spacial score (nSPS) is 15.2. The molecule has 10 nitrogen and oxygen atoms in total. The highest BCUT2D eigenvalue weighted by Gasteiger charge is 2.24. The van der Waals surface area contributed by atoms with Crippen molar-refractivity contribution in [2.75, 3.05) is 19.0 Å². The van der Waals surface area contributed by atoms with Gasteiger partial charge in [0.15, 0.2) is 9.84 Å². The second-order valence-electron chi connectivity index (χ2n) is 9.19. The number of hydrogen-bond acceptors (Lipinski definition) is 9. The number of aliphatic carboxylic acids is 1. The number of epoxide rings is 1. The Morgan fingerprint density at radius 1 is 0.975 bits per heavy atom. The first-order chi connectivity index (χ1) is 18.8. The Morgan fingerprint density at radius 3 is 2.17 bits per heavy atom. The molecule has 0 radical (unpaired) electrons. The Hall–Kier alpha value is -3.83. The molecule has 2 rings (SSSR count). The molecule has 0 aliphatic carbocycles. The molecular formula is C29H34O10S. The molecule has 1 atom stereocenters. The van der Waals surface area contributed by atoms with Crippen LogP contribution in [0, 0.1) is 6.92 Å². The molecule has 0 aromatic heterocycles. The smallest absolute Gasteiger partial charge is 0.342 e. The number of hydrogen-bond donors (Lipinski definition) is 1. The largest absolute Gasteiger partial charge is 0.478 e. The van der Waals surface area contributed by atoms with Gasteiger partial charge in [0.05, 0.1) is 30.0 Å². The maximum atomic E-state index is 12.7. The van der Waals surface area contributed by atoms with Crippen molar-refractivity contribution in [2.45, 2.75) is 57.0 Å². The van der Waals surface area contributed by atoms with Gasteiger partial charge >= 0.3 is 23.9 Å². The number of ether oxygens (including phenoxy) is 3. The van der Waals surface area contributed by atoms with Crippen LogP contribution in [0.5, 0.6) is 0 Å². The van der Waals surface area contributed by atoms with Crippen LogP contribution in [0.3, 0.4) is 0 Å². The summed E-state index contributed by atoms with van der Waals surface area (Å²) in [6.07, 6.45) is 3.00. The standard InChI is InChI=1S/C29H34O10S/c1-5-20(3)28(33)39-29(34)23(14-16-37-27(32)21(4)8-11-24-18-38-24)10-9-22(26(30)31)15-17-40(35,36)25-12-6-19(2)7-13-25/h6-7,9-10,12-13,24H,3-5,8,11,14-18H2,1-2H3,(H,30,31). The molecule has 1 saturated heterocycles. The summed E-state index contributed by atoms with van der Waals surface area (Å²) >= 11 is 0. The summed E-state index contributed by atoms with van der Waals surface area (Å²) in [6, 6.07) is 6.17. The van der Waals surface area contributed by atoms with E-state index in [2.05, 4.69) is 13.2 Å². The predicted octanol–water partition coefficient (Wildman–Crippen LogP) is 3.80. The monoisotopic (exact) mass is 574 g/mol. The van der Waals surface area contributed by atoms with E-state index in [9.17, 15) is 32.7 Å². The summed E-state index contributed by atoms with van der Waals surface area (Å²) in [5.74, 6) is -4.55. The topological polar surface area (TPSA) is 154 Å². The molecule has 1 heterocycles. The molecule has 1 N–H and O–H groups in total. The zero-order chi connectivity index (χ0) is 29.9. The van der Waals surface area contributed by atoms with Gasteiger partial charge in [-0.25, -0.2) is 27.6 Å².